The predicted octanol–water partition coefficient (Wildman–Crippen LogP) is 0.938. The van der Waals surface area contributed by atoms with Gasteiger partial charge in [-0.1, -0.05) is 13.8 Å². The predicted molar refractivity (Wildman–Crippen MR) is 65.6 cm³/mol. The summed E-state index contributed by atoms with van der Waals surface area (Å²) < 4.78 is 5.78. The standard InChI is InChI=1S/C12H23N3O/c1-9(2)11-10(4-7-16-11)8-14-12-13-5-6-15(12)3/h9-11H,4-8H2,1-3H3,(H,13,14). The van der Waals surface area contributed by atoms with Crippen LogP contribution in [0.1, 0.15) is 20.3 Å². The average Bonchev–Trinajstić information content (AvgIpc) is 2.83. The summed E-state index contributed by atoms with van der Waals surface area (Å²) >= 11 is 0. The first kappa shape index (κ1) is 11.7. The minimum absolute atomic E-state index is 0.416. The Labute approximate surface area is 98.1 Å². The van der Waals surface area contributed by atoms with Crippen molar-refractivity contribution in [3.05, 3.63) is 0 Å². The first-order chi connectivity index (χ1) is 7.68. The Morgan fingerprint density at radius 3 is 3.00 bits per heavy atom. The lowest BCUT2D eigenvalue weighted by atomic mass is 9.93. The number of guanidine groups is 1. The second kappa shape index (κ2) is 5.04. The number of aliphatic imine (C=N–C) groups is 1. The molecule has 0 aromatic heterocycles. The third kappa shape index (κ3) is 2.48. The topological polar surface area (TPSA) is 36.9 Å². The molecule has 1 N–H and O–H groups in total. The lowest BCUT2D eigenvalue weighted by molar-refractivity contribution is 0.0548. The molecule has 0 bridgehead atoms. The molecule has 2 aliphatic heterocycles. The van der Waals surface area contributed by atoms with E-state index in [1.807, 2.05) is 0 Å². The zero-order valence-electron chi connectivity index (χ0n) is 10.6. The van der Waals surface area contributed by atoms with E-state index < -0.39 is 0 Å². The van der Waals surface area contributed by atoms with Crippen molar-refractivity contribution < 1.29 is 4.74 Å². The molecule has 92 valence electrons. The van der Waals surface area contributed by atoms with Gasteiger partial charge in [0.2, 0.25) is 0 Å². The highest BCUT2D eigenvalue weighted by Crippen LogP contribution is 2.26. The fourth-order valence-electron chi connectivity index (χ4n) is 2.56. The molecule has 2 heterocycles. The minimum Gasteiger partial charge on any atom is -0.378 e. The maximum absolute atomic E-state index is 5.78. The summed E-state index contributed by atoms with van der Waals surface area (Å²) in [6, 6.07) is 0. The molecule has 0 spiro atoms. The maximum atomic E-state index is 5.78. The molecule has 1 saturated heterocycles. The normalized spacial score (nSPS) is 30.0. The van der Waals surface area contributed by atoms with Crippen LogP contribution in [0.5, 0.6) is 0 Å². The van der Waals surface area contributed by atoms with Gasteiger partial charge < -0.3 is 15.0 Å². The van der Waals surface area contributed by atoms with Crippen molar-refractivity contribution in [3.8, 4) is 0 Å². The molecule has 2 aliphatic rings. The van der Waals surface area contributed by atoms with Gasteiger partial charge in [-0.2, -0.15) is 0 Å². The number of ether oxygens (including phenoxy) is 1. The Bertz CT molecular complexity index is 265. The van der Waals surface area contributed by atoms with E-state index in [0.717, 1.165) is 32.2 Å². The second-order valence-electron chi connectivity index (χ2n) is 5.14. The molecule has 1 fully saturated rings. The highest BCUT2D eigenvalue weighted by atomic mass is 16.5. The average molecular weight is 225 g/mol. The number of hydrogen-bond donors (Lipinski definition) is 1. The van der Waals surface area contributed by atoms with E-state index in [2.05, 4.69) is 36.1 Å². The van der Waals surface area contributed by atoms with Crippen LogP contribution < -0.4 is 5.32 Å². The molecule has 0 aromatic carbocycles. The van der Waals surface area contributed by atoms with Crippen LogP contribution in [0.3, 0.4) is 0 Å². The Kier molecular flexibility index (Phi) is 3.69. The van der Waals surface area contributed by atoms with Crippen molar-refractivity contribution in [3.63, 3.8) is 0 Å². The van der Waals surface area contributed by atoms with Crippen molar-refractivity contribution in [2.75, 3.05) is 33.3 Å². The number of nitrogens with zero attached hydrogens (tertiary/aromatic N) is 2. The number of hydrogen-bond acceptors (Lipinski definition) is 4. The molecule has 0 radical (unpaired) electrons. The molecule has 16 heavy (non-hydrogen) atoms. The fourth-order valence-corrected chi connectivity index (χ4v) is 2.56. The van der Waals surface area contributed by atoms with Crippen LogP contribution in [0.25, 0.3) is 0 Å². The van der Waals surface area contributed by atoms with Gasteiger partial charge in [-0.25, -0.2) is 0 Å². The second-order valence-corrected chi connectivity index (χ2v) is 5.14. The molecular weight excluding hydrogens is 202 g/mol. The van der Waals surface area contributed by atoms with Gasteiger partial charge in [0.15, 0.2) is 5.96 Å². The lowest BCUT2D eigenvalue weighted by Gasteiger charge is -2.24. The van der Waals surface area contributed by atoms with Gasteiger partial charge in [0.05, 0.1) is 12.6 Å². The SMILES string of the molecule is CC(C)C1OCCC1CNC1=NCCN1C. The molecule has 2 rings (SSSR count). The maximum Gasteiger partial charge on any atom is 0.193 e. The van der Waals surface area contributed by atoms with Gasteiger partial charge >= 0.3 is 0 Å². The molecular formula is C12H23N3O. The number of nitrogens with one attached hydrogen (secondary N) is 1. The highest BCUT2D eigenvalue weighted by Gasteiger charge is 2.30. The number of likely N-dealkylation sites (N-methyl/N-ethyl adjacent to an activating group) is 1. The van der Waals surface area contributed by atoms with E-state index >= 15 is 0 Å². The number of rotatable bonds is 3. The summed E-state index contributed by atoms with van der Waals surface area (Å²) in [6.07, 6.45) is 1.59. The van der Waals surface area contributed by atoms with E-state index in [4.69, 9.17) is 4.74 Å². The molecule has 0 amide bonds. The van der Waals surface area contributed by atoms with Crippen LogP contribution in [-0.2, 0) is 4.74 Å². The Balaban J connectivity index is 1.81. The van der Waals surface area contributed by atoms with E-state index in [0.29, 0.717) is 17.9 Å². The van der Waals surface area contributed by atoms with Crippen LogP contribution in [0.2, 0.25) is 0 Å². The molecule has 4 nitrogen and oxygen atoms in total. The van der Waals surface area contributed by atoms with Crippen molar-refractivity contribution in [1.82, 2.24) is 10.2 Å². The van der Waals surface area contributed by atoms with Gasteiger partial charge in [0.1, 0.15) is 0 Å². The molecule has 2 atom stereocenters. The summed E-state index contributed by atoms with van der Waals surface area (Å²) in [7, 11) is 2.09. The third-order valence-corrected chi connectivity index (χ3v) is 3.50. The van der Waals surface area contributed by atoms with Crippen LogP contribution in [0.15, 0.2) is 4.99 Å². The van der Waals surface area contributed by atoms with Crippen molar-refractivity contribution >= 4 is 5.96 Å². The Hall–Kier alpha value is -0.770. The smallest absolute Gasteiger partial charge is 0.193 e. The lowest BCUT2D eigenvalue weighted by Crippen LogP contribution is -2.40. The third-order valence-electron chi connectivity index (χ3n) is 3.50. The summed E-state index contributed by atoms with van der Waals surface area (Å²) in [6.45, 7) is 8.35. The Morgan fingerprint density at radius 1 is 1.56 bits per heavy atom. The van der Waals surface area contributed by atoms with Gasteiger partial charge in [-0.3, -0.25) is 4.99 Å². The van der Waals surface area contributed by atoms with Crippen LogP contribution >= 0.6 is 0 Å². The monoisotopic (exact) mass is 225 g/mol. The van der Waals surface area contributed by atoms with Crippen LogP contribution in [0.4, 0.5) is 0 Å². The minimum atomic E-state index is 0.416. The quantitative estimate of drug-likeness (QED) is 0.776. The summed E-state index contributed by atoms with van der Waals surface area (Å²) in [5.74, 6) is 2.30. The molecule has 0 saturated carbocycles. The Morgan fingerprint density at radius 2 is 2.38 bits per heavy atom. The fraction of sp³-hybridized carbons (Fsp3) is 0.917. The summed E-state index contributed by atoms with van der Waals surface area (Å²) in [5.41, 5.74) is 0. The van der Waals surface area contributed by atoms with Gasteiger partial charge in [-0.05, 0) is 12.3 Å². The summed E-state index contributed by atoms with van der Waals surface area (Å²) in [5, 5.41) is 3.45. The summed E-state index contributed by atoms with van der Waals surface area (Å²) in [4.78, 5) is 6.62. The van der Waals surface area contributed by atoms with E-state index in [-0.39, 0.29) is 0 Å². The van der Waals surface area contributed by atoms with Crippen molar-refractivity contribution in [2.45, 2.75) is 26.4 Å². The van der Waals surface area contributed by atoms with Crippen LogP contribution in [0, 0.1) is 11.8 Å². The van der Waals surface area contributed by atoms with E-state index in [1.165, 1.54) is 6.42 Å². The van der Waals surface area contributed by atoms with Gasteiger partial charge in [0, 0.05) is 32.7 Å². The van der Waals surface area contributed by atoms with Crippen molar-refractivity contribution in [1.29, 1.82) is 0 Å². The van der Waals surface area contributed by atoms with Gasteiger partial charge in [0.25, 0.3) is 0 Å². The molecule has 0 aliphatic carbocycles. The first-order valence-corrected chi connectivity index (χ1v) is 6.29. The first-order valence-electron chi connectivity index (χ1n) is 6.29. The van der Waals surface area contributed by atoms with Crippen molar-refractivity contribution in [2.24, 2.45) is 16.8 Å². The van der Waals surface area contributed by atoms with Gasteiger partial charge in [-0.15, -0.1) is 0 Å². The van der Waals surface area contributed by atoms with Crippen LogP contribution in [-0.4, -0.2) is 50.3 Å². The molecule has 4 heteroatoms. The zero-order valence-corrected chi connectivity index (χ0v) is 10.6. The molecule has 2 unspecified atom stereocenters. The highest BCUT2D eigenvalue weighted by molar-refractivity contribution is 5.81. The van der Waals surface area contributed by atoms with E-state index in [1.54, 1.807) is 0 Å². The largest absolute Gasteiger partial charge is 0.378 e. The van der Waals surface area contributed by atoms with E-state index in [9.17, 15) is 0 Å². The molecule has 0 aromatic rings. The zero-order chi connectivity index (χ0) is 11.5.